The lowest BCUT2D eigenvalue weighted by atomic mass is 9.84. The molecule has 1 unspecified atom stereocenters. The van der Waals surface area contributed by atoms with Crippen molar-refractivity contribution in [1.29, 1.82) is 0 Å². The molecule has 108 valence electrons. The van der Waals surface area contributed by atoms with Crippen LogP contribution in [-0.4, -0.2) is 18.9 Å². The van der Waals surface area contributed by atoms with Crippen molar-refractivity contribution >= 4 is 23.9 Å². The Morgan fingerprint density at radius 2 is 1.71 bits per heavy atom. The zero-order valence-corrected chi connectivity index (χ0v) is 12.5. The lowest BCUT2D eigenvalue weighted by Crippen LogP contribution is -2.50. The average molecular weight is 300 g/mol. The van der Waals surface area contributed by atoms with E-state index in [0.717, 1.165) is 36.5 Å². The van der Waals surface area contributed by atoms with E-state index in [1.165, 1.54) is 5.69 Å². The van der Waals surface area contributed by atoms with E-state index >= 15 is 0 Å². The van der Waals surface area contributed by atoms with Gasteiger partial charge in [-0.2, -0.15) is 0 Å². The largest absolute Gasteiger partial charge is 0.328 e. The number of rotatable bonds is 1. The molecule has 2 aromatic rings. The van der Waals surface area contributed by atoms with E-state index in [9.17, 15) is 0 Å². The van der Waals surface area contributed by atoms with Crippen molar-refractivity contribution in [3.05, 3.63) is 65.7 Å². The molecule has 0 amide bonds. The Labute approximate surface area is 130 Å². The summed E-state index contributed by atoms with van der Waals surface area (Å²) in [5, 5.41) is 0. The predicted octanol–water partition coefficient (Wildman–Crippen LogP) is 2.93. The first-order chi connectivity index (χ1) is 9.82. The fourth-order valence-electron chi connectivity index (χ4n) is 3.33. The molecule has 0 radical (unpaired) electrons. The van der Waals surface area contributed by atoms with E-state index in [1.54, 1.807) is 0 Å². The van der Waals surface area contributed by atoms with Gasteiger partial charge in [0.2, 0.25) is 0 Å². The number of anilines is 1. The first-order valence-electron chi connectivity index (χ1n) is 7.08. The molecule has 21 heavy (non-hydrogen) atoms. The van der Waals surface area contributed by atoms with Gasteiger partial charge in [-0.15, -0.1) is 12.4 Å². The Kier molecular flexibility index (Phi) is 3.47. The van der Waals surface area contributed by atoms with E-state index < -0.39 is 5.54 Å². The molecule has 0 saturated heterocycles. The predicted molar refractivity (Wildman–Crippen MR) is 89.4 cm³/mol. The van der Waals surface area contributed by atoms with Gasteiger partial charge >= 0.3 is 0 Å². The summed E-state index contributed by atoms with van der Waals surface area (Å²) >= 11 is 0. The van der Waals surface area contributed by atoms with Crippen molar-refractivity contribution < 1.29 is 0 Å². The Hall–Kier alpha value is -1.84. The highest BCUT2D eigenvalue weighted by Gasteiger charge is 2.47. The van der Waals surface area contributed by atoms with Gasteiger partial charge in [-0.3, -0.25) is 4.99 Å². The average Bonchev–Trinajstić information content (AvgIpc) is 2.80. The quantitative estimate of drug-likeness (QED) is 0.879. The Morgan fingerprint density at radius 1 is 1.00 bits per heavy atom. The summed E-state index contributed by atoms with van der Waals surface area (Å²) in [4.78, 5) is 7.04. The molecule has 2 aliphatic heterocycles. The highest BCUT2D eigenvalue weighted by atomic mass is 35.5. The monoisotopic (exact) mass is 299 g/mol. The molecule has 4 rings (SSSR count). The van der Waals surface area contributed by atoms with E-state index in [4.69, 9.17) is 10.7 Å². The number of hydrogen-bond donors (Lipinski definition) is 1. The molecule has 0 spiro atoms. The van der Waals surface area contributed by atoms with Crippen molar-refractivity contribution in [1.82, 2.24) is 0 Å². The Bertz CT molecular complexity index is 683. The Balaban J connectivity index is 0.00000132. The smallest absolute Gasteiger partial charge is 0.133 e. The van der Waals surface area contributed by atoms with Crippen LogP contribution in [0.5, 0.6) is 0 Å². The molecule has 0 aromatic heterocycles. The standard InChI is InChI=1S/C17H17N3.ClH/c18-17(13-7-2-1-3-8-13)14-9-4-5-10-15(14)20-12-6-11-19-16(17)20;/h1-5,7-10H,6,11-12,18H2;1H. The van der Waals surface area contributed by atoms with Crippen molar-refractivity contribution in [2.75, 3.05) is 18.0 Å². The van der Waals surface area contributed by atoms with Gasteiger partial charge < -0.3 is 10.6 Å². The number of benzene rings is 2. The fourth-order valence-corrected chi connectivity index (χ4v) is 3.33. The maximum atomic E-state index is 6.87. The summed E-state index contributed by atoms with van der Waals surface area (Å²) in [7, 11) is 0. The first-order valence-corrected chi connectivity index (χ1v) is 7.08. The number of nitrogens with two attached hydrogens (primary N) is 1. The molecule has 3 nitrogen and oxygen atoms in total. The summed E-state index contributed by atoms with van der Waals surface area (Å²) in [5.41, 5.74) is 9.73. The van der Waals surface area contributed by atoms with Gasteiger partial charge in [-0.1, -0.05) is 48.5 Å². The zero-order valence-electron chi connectivity index (χ0n) is 11.7. The van der Waals surface area contributed by atoms with Crippen LogP contribution in [0.25, 0.3) is 0 Å². The van der Waals surface area contributed by atoms with Crippen molar-refractivity contribution in [3.63, 3.8) is 0 Å². The van der Waals surface area contributed by atoms with E-state index in [2.05, 4.69) is 41.3 Å². The van der Waals surface area contributed by atoms with Gasteiger partial charge in [-0.05, 0) is 18.1 Å². The van der Waals surface area contributed by atoms with Crippen LogP contribution in [0.15, 0.2) is 59.6 Å². The first kappa shape index (κ1) is 14.1. The molecule has 2 N–H and O–H groups in total. The summed E-state index contributed by atoms with van der Waals surface area (Å²) in [5.74, 6) is 0.996. The molecular weight excluding hydrogens is 282 g/mol. The van der Waals surface area contributed by atoms with Crippen molar-refractivity contribution in [2.24, 2.45) is 10.7 Å². The molecule has 2 heterocycles. The molecule has 4 heteroatoms. The number of aliphatic imine (C=N–C) groups is 1. The second-order valence-electron chi connectivity index (χ2n) is 5.40. The van der Waals surface area contributed by atoms with Crippen LogP contribution in [-0.2, 0) is 5.54 Å². The summed E-state index contributed by atoms with van der Waals surface area (Å²) in [6, 6.07) is 18.7. The third kappa shape index (κ3) is 1.88. The summed E-state index contributed by atoms with van der Waals surface area (Å²) in [6.07, 6.45) is 1.09. The highest BCUT2D eigenvalue weighted by Crippen LogP contribution is 2.44. The topological polar surface area (TPSA) is 41.6 Å². The van der Waals surface area contributed by atoms with Crippen LogP contribution in [0.4, 0.5) is 5.69 Å². The maximum absolute atomic E-state index is 6.87. The third-order valence-corrected chi connectivity index (χ3v) is 4.26. The van der Waals surface area contributed by atoms with E-state index in [-0.39, 0.29) is 12.4 Å². The lowest BCUT2D eigenvalue weighted by Gasteiger charge is -2.31. The van der Waals surface area contributed by atoms with Crippen LogP contribution in [0.3, 0.4) is 0 Å². The van der Waals surface area contributed by atoms with Crippen molar-refractivity contribution in [2.45, 2.75) is 12.0 Å². The normalized spacial score (nSPS) is 22.9. The summed E-state index contributed by atoms with van der Waals surface area (Å²) in [6.45, 7) is 1.87. The summed E-state index contributed by atoms with van der Waals surface area (Å²) < 4.78 is 0. The minimum Gasteiger partial charge on any atom is -0.328 e. The van der Waals surface area contributed by atoms with Crippen LogP contribution in [0, 0.1) is 0 Å². The van der Waals surface area contributed by atoms with E-state index in [1.807, 2.05) is 18.2 Å². The molecule has 2 aromatic carbocycles. The van der Waals surface area contributed by atoms with Crippen LogP contribution >= 0.6 is 12.4 Å². The van der Waals surface area contributed by atoms with Gasteiger partial charge in [0.15, 0.2) is 0 Å². The zero-order chi connectivity index (χ0) is 13.6. The minimum absolute atomic E-state index is 0. The molecule has 0 fully saturated rings. The maximum Gasteiger partial charge on any atom is 0.133 e. The molecule has 0 saturated carbocycles. The number of halogens is 1. The third-order valence-electron chi connectivity index (χ3n) is 4.26. The van der Waals surface area contributed by atoms with Gasteiger partial charge in [0.1, 0.15) is 11.4 Å². The SMILES string of the molecule is Cl.NC1(c2ccccc2)C2=NCCCN2c2ccccc21. The van der Waals surface area contributed by atoms with Crippen LogP contribution in [0.1, 0.15) is 17.5 Å². The van der Waals surface area contributed by atoms with Gasteiger partial charge in [0, 0.05) is 24.3 Å². The van der Waals surface area contributed by atoms with Crippen LogP contribution in [0.2, 0.25) is 0 Å². The van der Waals surface area contributed by atoms with Gasteiger partial charge in [-0.25, -0.2) is 0 Å². The van der Waals surface area contributed by atoms with Crippen LogP contribution < -0.4 is 10.6 Å². The number of fused-ring (bicyclic) bond motifs is 3. The molecule has 0 bridgehead atoms. The van der Waals surface area contributed by atoms with Gasteiger partial charge in [0.25, 0.3) is 0 Å². The Morgan fingerprint density at radius 3 is 2.52 bits per heavy atom. The molecule has 1 atom stereocenters. The lowest BCUT2D eigenvalue weighted by molar-refractivity contribution is 0.705. The fraction of sp³-hybridized carbons (Fsp3) is 0.235. The molecule has 0 aliphatic carbocycles. The number of para-hydroxylation sites is 1. The number of amidine groups is 1. The number of nitrogens with zero attached hydrogens (tertiary/aromatic N) is 2. The molecular formula is C17H18ClN3. The number of hydrogen-bond acceptors (Lipinski definition) is 3. The second kappa shape index (κ2) is 5.17. The van der Waals surface area contributed by atoms with E-state index in [0.29, 0.717) is 0 Å². The highest BCUT2D eigenvalue weighted by molar-refractivity contribution is 6.13. The minimum atomic E-state index is -0.613. The van der Waals surface area contributed by atoms with Gasteiger partial charge in [0.05, 0.1) is 0 Å². The molecule has 2 aliphatic rings. The second-order valence-corrected chi connectivity index (χ2v) is 5.40. The van der Waals surface area contributed by atoms with Crippen molar-refractivity contribution in [3.8, 4) is 0 Å².